The summed E-state index contributed by atoms with van der Waals surface area (Å²) in [6.45, 7) is 1.91. The van der Waals surface area contributed by atoms with Crippen LogP contribution in [0.4, 0.5) is 5.69 Å². The number of nitrogens with one attached hydrogen (secondary N) is 1. The van der Waals surface area contributed by atoms with Crippen LogP contribution in [0.1, 0.15) is 28.8 Å². The molecule has 1 aliphatic heterocycles. The predicted molar refractivity (Wildman–Crippen MR) is 113 cm³/mol. The van der Waals surface area contributed by atoms with E-state index in [2.05, 4.69) is 20.2 Å². The number of carbonyl (C=O) groups excluding carboxylic acids is 2. The summed E-state index contributed by atoms with van der Waals surface area (Å²) in [6.07, 6.45) is 3.92. The van der Waals surface area contributed by atoms with Crippen molar-refractivity contribution < 1.29 is 23.8 Å². The zero-order chi connectivity index (χ0) is 21.3. The van der Waals surface area contributed by atoms with Crippen LogP contribution in [0.15, 0.2) is 47.6 Å². The average Bonchev–Trinajstić information content (AvgIpc) is 3.32. The fourth-order valence-corrected chi connectivity index (χ4v) is 3.11. The van der Waals surface area contributed by atoms with Crippen LogP contribution in [-0.2, 0) is 9.53 Å². The maximum absolute atomic E-state index is 12.3. The molecule has 0 unspecified atom stereocenters. The summed E-state index contributed by atoms with van der Waals surface area (Å²) in [6, 6.07) is 12.6. The lowest BCUT2D eigenvalue weighted by Gasteiger charge is -2.17. The van der Waals surface area contributed by atoms with E-state index in [1.807, 2.05) is 12.1 Å². The highest BCUT2D eigenvalue weighted by atomic mass is 16.6. The van der Waals surface area contributed by atoms with E-state index in [0.29, 0.717) is 22.6 Å². The van der Waals surface area contributed by atoms with E-state index in [1.54, 1.807) is 30.3 Å². The monoisotopic (exact) mass is 411 g/mol. The number of hydrazone groups is 1. The maximum Gasteiger partial charge on any atom is 0.343 e. The van der Waals surface area contributed by atoms with Gasteiger partial charge in [0.05, 0.1) is 20.4 Å². The van der Waals surface area contributed by atoms with Crippen LogP contribution in [0.5, 0.6) is 11.5 Å². The Morgan fingerprint density at radius 1 is 1.07 bits per heavy atom. The van der Waals surface area contributed by atoms with Gasteiger partial charge >= 0.3 is 5.97 Å². The van der Waals surface area contributed by atoms with Gasteiger partial charge in [-0.05, 0) is 60.9 Å². The number of nitrogens with zero attached hydrogens (tertiary/aromatic N) is 2. The maximum atomic E-state index is 12.3. The van der Waals surface area contributed by atoms with Crippen LogP contribution < -0.4 is 19.8 Å². The van der Waals surface area contributed by atoms with Gasteiger partial charge in [-0.2, -0.15) is 5.10 Å². The Hall–Kier alpha value is -3.55. The molecule has 0 saturated carbocycles. The third-order valence-electron chi connectivity index (χ3n) is 4.74. The highest BCUT2D eigenvalue weighted by molar-refractivity contribution is 5.95. The fraction of sp³-hybridized carbons (Fsp3) is 0.318. The number of benzene rings is 2. The molecule has 2 aromatic carbocycles. The standard InChI is InChI=1S/C22H25N3O5/c1-28-20-13-16(5-10-19(20)30-15-21(26)29-2)14-23-24-22(27)17-6-8-18(9-7-17)25-11-3-4-12-25/h5-10,13-14H,3-4,11-12,15H2,1-2H3,(H,24,27)/b23-14-. The number of rotatable bonds is 8. The molecule has 1 fully saturated rings. The van der Waals surface area contributed by atoms with Gasteiger partial charge in [-0.15, -0.1) is 0 Å². The second-order valence-corrected chi connectivity index (χ2v) is 6.72. The van der Waals surface area contributed by atoms with E-state index in [9.17, 15) is 9.59 Å². The molecular weight excluding hydrogens is 386 g/mol. The first kappa shape index (κ1) is 21.2. The van der Waals surface area contributed by atoms with Gasteiger partial charge in [0.25, 0.3) is 5.91 Å². The van der Waals surface area contributed by atoms with Crippen molar-refractivity contribution in [2.75, 3.05) is 38.8 Å². The molecule has 8 heteroatoms. The number of anilines is 1. The van der Waals surface area contributed by atoms with Gasteiger partial charge in [0, 0.05) is 24.3 Å². The molecule has 0 aliphatic carbocycles. The first-order chi connectivity index (χ1) is 14.6. The molecule has 2 aromatic rings. The van der Waals surface area contributed by atoms with Crippen molar-refractivity contribution in [2.24, 2.45) is 5.10 Å². The molecule has 3 rings (SSSR count). The van der Waals surface area contributed by atoms with Gasteiger partial charge in [-0.1, -0.05) is 0 Å². The molecular formula is C22H25N3O5. The number of carbonyl (C=O) groups is 2. The number of hydrogen-bond acceptors (Lipinski definition) is 7. The lowest BCUT2D eigenvalue weighted by Crippen LogP contribution is -2.19. The molecule has 1 saturated heterocycles. The minimum absolute atomic E-state index is 0.215. The van der Waals surface area contributed by atoms with Crippen LogP contribution in [0.25, 0.3) is 0 Å². The van der Waals surface area contributed by atoms with Gasteiger partial charge < -0.3 is 19.1 Å². The number of ether oxygens (including phenoxy) is 3. The van der Waals surface area contributed by atoms with Gasteiger partial charge in [-0.3, -0.25) is 4.79 Å². The SMILES string of the molecule is COC(=O)COc1ccc(/C=N\NC(=O)c2ccc(N3CCCC3)cc2)cc1OC. The van der Waals surface area contributed by atoms with Gasteiger partial charge in [0.1, 0.15) is 0 Å². The average molecular weight is 411 g/mol. The summed E-state index contributed by atoms with van der Waals surface area (Å²) in [5.41, 5.74) is 4.89. The largest absolute Gasteiger partial charge is 0.493 e. The van der Waals surface area contributed by atoms with Crippen molar-refractivity contribution in [1.82, 2.24) is 5.43 Å². The van der Waals surface area contributed by atoms with E-state index in [4.69, 9.17) is 9.47 Å². The molecule has 158 valence electrons. The molecule has 0 spiro atoms. The summed E-state index contributed by atoms with van der Waals surface area (Å²) in [4.78, 5) is 25.8. The third-order valence-corrected chi connectivity index (χ3v) is 4.74. The van der Waals surface area contributed by atoms with Crippen molar-refractivity contribution in [3.05, 3.63) is 53.6 Å². The Kier molecular flexibility index (Phi) is 7.26. The summed E-state index contributed by atoms with van der Waals surface area (Å²) < 4.78 is 15.2. The fourth-order valence-electron chi connectivity index (χ4n) is 3.11. The van der Waals surface area contributed by atoms with Crippen molar-refractivity contribution in [3.63, 3.8) is 0 Å². The Morgan fingerprint density at radius 2 is 1.80 bits per heavy atom. The molecule has 1 amide bonds. The minimum Gasteiger partial charge on any atom is -0.493 e. The topological polar surface area (TPSA) is 89.5 Å². The van der Waals surface area contributed by atoms with Crippen LogP contribution in [0.3, 0.4) is 0 Å². The third kappa shape index (κ3) is 5.50. The van der Waals surface area contributed by atoms with Gasteiger partial charge in [0.15, 0.2) is 18.1 Å². The summed E-state index contributed by atoms with van der Waals surface area (Å²) in [5, 5.41) is 4.00. The summed E-state index contributed by atoms with van der Waals surface area (Å²) in [5.74, 6) is 0.0666. The molecule has 1 heterocycles. The van der Waals surface area contributed by atoms with Crippen LogP contribution in [0.2, 0.25) is 0 Å². The number of methoxy groups -OCH3 is 2. The highest BCUT2D eigenvalue weighted by Crippen LogP contribution is 2.27. The zero-order valence-corrected chi connectivity index (χ0v) is 17.1. The predicted octanol–water partition coefficient (Wildman–Crippen LogP) is 2.61. The summed E-state index contributed by atoms with van der Waals surface area (Å²) >= 11 is 0. The van der Waals surface area contributed by atoms with E-state index in [-0.39, 0.29) is 12.5 Å². The highest BCUT2D eigenvalue weighted by Gasteiger charge is 2.13. The van der Waals surface area contributed by atoms with Crippen LogP contribution in [-0.4, -0.2) is 52.0 Å². The minimum atomic E-state index is -0.487. The number of esters is 1. The molecule has 1 N–H and O–H groups in total. The molecule has 30 heavy (non-hydrogen) atoms. The molecule has 0 bridgehead atoms. The lowest BCUT2D eigenvalue weighted by molar-refractivity contribution is -0.142. The molecule has 1 aliphatic rings. The number of amides is 1. The van der Waals surface area contributed by atoms with Crippen molar-refractivity contribution in [1.29, 1.82) is 0 Å². The Bertz CT molecular complexity index is 905. The zero-order valence-electron chi connectivity index (χ0n) is 17.1. The first-order valence-corrected chi connectivity index (χ1v) is 9.67. The van der Waals surface area contributed by atoms with Crippen LogP contribution >= 0.6 is 0 Å². The van der Waals surface area contributed by atoms with Gasteiger partial charge in [-0.25, -0.2) is 10.2 Å². The van der Waals surface area contributed by atoms with Crippen molar-refractivity contribution in [3.8, 4) is 11.5 Å². The van der Waals surface area contributed by atoms with Gasteiger partial charge in [0.2, 0.25) is 0 Å². The Morgan fingerprint density at radius 3 is 2.47 bits per heavy atom. The van der Waals surface area contributed by atoms with Crippen LogP contribution in [0, 0.1) is 0 Å². The van der Waals surface area contributed by atoms with Crippen molar-refractivity contribution >= 4 is 23.8 Å². The molecule has 0 radical (unpaired) electrons. The van der Waals surface area contributed by atoms with E-state index in [1.165, 1.54) is 33.3 Å². The Labute approximate surface area is 175 Å². The normalized spacial score (nSPS) is 13.3. The second kappa shape index (κ2) is 10.3. The lowest BCUT2D eigenvalue weighted by atomic mass is 10.2. The Balaban J connectivity index is 1.57. The van der Waals surface area contributed by atoms with E-state index >= 15 is 0 Å². The second-order valence-electron chi connectivity index (χ2n) is 6.72. The molecule has 0 atom stereocenters. The van der Waals surface area contributed by atoms with Crippen molar-refractivity contribution in [2.45, 2.75) is 12.8 Å². The molecule has 0 aromatic heterocycles. The quantitative estimate of drug-likeness (QED) is 0.408. The van der Waals surface area contributed by atoms with E-state index in [0.717, 1.165) is 18.8 Å². The first-order valence-electron chi connectivity index (χ1n) is 9.67. The summed E-state index contributed by atoms with van der Waals surface area (Å²) in [7, 11) is 2.79. The smallest absolute Gasteiger partial charge is 0.343 e. The molecule has 8 nitrogen and oxygen atoms in total. The van der Waals surface area contributed by atoms with E-state index < -0.39 is 5.97 Å². The number of hydrogen-bond donors (Lipinski definition) is 1.